The Morgan fingerprint density at radius 3 is 1.93 bits per heavy atom. The molecular formula is C34H38N2O5. The second-order valence-electron chi connectivity index (χ2n) is 11.4. The van der Waals surface area contributed by atoms with Crippen molar-refractivity contribution in [1.29, 1.82) is 0 Å². The summed E-state index contributed by atoms with van der Waals surface area (Å²) in [5, 5.41) is 9.49. The number of likely N-dealkylation sites (tertiary alicyclic amines) is 1. The Hall–Kier alpha value is -3.36. The molecule has 7 nitrogen and oxygen atoms in total. The predicted octanol–water partition coefficient (Wildman–Crippen LogP) is 5.79. The summed E-state index contributed by atoms with van der Waals surface area (Å²) in [6, 6.07) is 22.8. The summed E-state index contributed by atoms with van der Waals surface area (Å²) >= 11 is 0. The summed E-state index contributed by atoms with van der Waals surface area (Å²) in [5.41, 5.74) is 4.65. The van der Waals surface area contributed by atoms with E-state index in [4.69, 9.17) is 9.47 Å². The third kappa shape index (κ3) is 6.28. The average molecular weight is 555 g/mol. The van der Waals surface area contributed by atoms with Crippen LogP contribution in [0.15, 0.2) is 72.8 Å². The maximum Gasteiger partial charge on any atom is 0.261 e. The first-order chi connectivity index (χ1) is 20.1. The zero-order chi connectivity index (χ0) is 28.2. The molecule has 3 aromatic carbocycles. The molecule has 3 aromatic rings. The van der Waals surface area contributed by atoms with Gasteiger partial charge in [0.1, 0.15) is 0 Å². The highest BCUT2D eigenvalue weighted by Crippen LogP contribution is 2.38. The molecule has 2 saturated heterocycles. The van der Waals surface area contributed by atoms with Gasteiger partial charge in [-0.3, -0.25) is 14.5 Å². The average Bonchev–Trinajstić information content (AvgIpc) is 3.23. The highest BCUT2D eigenvalue weighted by Gasteiger charge is 2.36. The van der Waals surface area contributed by atoms with Crippen molar-refractivity contribution in [1.82, 2.24) is 9.80 Å². The summed E-state index contributed by atoms with van der Waals surface area (Å²) in [4.78, 5) is 29.5. The van der Waals surface area contributed by atoms with Crippen LogP contribution in [0, 0.1) is 0 Å². The first-order valence-corrected chi connectivity index (χ1v) is 14.9. The van der Waals surface area contributed by atoms with E-state index in [0.717, 1.165) is 48.3 Å². The Morgan fingerprint density at radius 2 is 1.29 bits per heavy atom. The molecular weight excluding hydrogens is 516 g/mol. The third-order valence-electron chi connectivity index (χ3n) is 8.50. The zero-order valence-electron chi connectivity index (χ0n) is 23.4. The van der Waals surface area contributed by atoms with Crippen LogP contribution >= 0.6 is 0 Å². The van der Waals surface area contributed by atoms with Crippen LogP contribution in [0.5, 0.6) is 0 Å². The molecule has 41 heavy (non-hydrogen) atoms. The lowest BCUT2D eigenvalue weighted by Crippen LogP contribution is -2.40. The number of carbonyl (C=O) groups excluding carboxylic acids is 2. The van der Waals surface area contributed by atoms with E-state index in [1.54, 1.807) is 24.3 Å². The monoisotopic (exact) mass is 554 g/mol. The van der Waals surface area contributed by atoms with Gasteiger partial charge in [0.15, 0.2) is 6.29 Å². The SMILES string of the molecule is O=C1c2ccccc2C(=O)N1Cc1ccc(C2OC(CN3CCCCCCC3)CC(c3ccc(CO)cc3)O2)cc1. The highest BCUT2D eigenvalue weighted by molar-refractivity contribution is 6.21. The molecule has 214 valence electrons. The molecule has 1 N–H and O–H groups in total. The normalized spacial score (nSPS) is 23.7. The molecule has 0 aliphatic carbocycles. The van der Waals surface area contributed by atoms with Gasteiger partial charge in [-0.2, -0.15) is 0 Å². The van der Waals surface area contributed by atoms with Crippen LogP contribution in [0.2, 0.25) is 0 Å². The number of hydrogen-bond donors (Lipinski definition) is 1. The van der Waals surface area contributed by atoms with Gasteiger partial charge in [0.2, 0.25) is 0 Å². The Labute approximate surface area is 241 Å². The molecule has 6 rings (SSSR count). The van der Waals surface area contributed by atoms with Crippen LogP contribution in [0.25, 0.3) is 0 Å². The van der Waals surface area contributed by atoms with E-state index in [0.29, 0.717) is 11.1 Å². The summed E-state index contributed by atoms with van der Waals surface area (Å²) < 4.78 is 13.1. The van der Waals surface area contributed by atoms with E-state index in [9.17, 15) is 14.7 Å². The van der Waals surface area contributed by atoms with Gasteiger partial charge in [0, 0.05) is 18.5 Å². The van der Waals surface area contributed by atoms with E-state index < -0.39 is 6.29 Å². The quantitative estimate of drug-likeness (QED) is 0.373. The standard InChI is InChI=1S/C34H38N2O5/c37-23-25-12-14-26(15-13-25)31-20-28(22-35-18-6-2-1-3-7-19-35)40-34(41-31)27-16-10-24(11-17-27)21-36-32(38)29-8-4-5-9-30(29)33(36)39/h4-5,8-17,28,31,34,37H,1-3,6-7,18-23H2. The number of imide groups is 1. The number of rotatable bonds is 7. The van der Waals surface area contributed by atoms with E-state index in [1.807, 2.05) is 48.5 Å². The smallest absolute Gasteiger partial charge is 0.261 e. The van der Waals surface area contributed by atoms with Gasteiger partial charge >= 0.3 is 0 Å². The minimum Gasteiger partial charge on any atom is -0.392 e. The van der Waals surface area contributed by atoms with Crippen LogP contribution in [-0.2, 0) is 22.6 Å². The first-order valence-electron chi connectivity index (χ1n) is 14.9. The second-order valence-corrected chi connectivity index (χ2v) is 11.4. The number of amides is 2. The van der Waals surface area contributed by atoms with Crippen molar-refractivity contribution < 1.29 is 24.2 Å². The van der Waals surface area contributed by atoms with Crippen molar-refractivity contribution >= 4 is 11.8 Å². The van der Waals surface area contributed by atoms with Crippen molar-refractivity contribution in [2.75, 3.05) is 19.6 Å². The van der Waals surface area contributed by atoms with E-state index >= 15 is 0 Å². The number of carbonyl (C=O) groups is 2. The van der Waals surface area contributed by atoms with Gasteiger partial charge in [0.05, 0.1) is 36.5 Å². The maximum absolute atomic E-state index is 12.8. The molecule has 2 fully saturated rings. The van der Waals surface area contributed by atoms with Crippen LogP contribution in [0.1, 0.15) is 93.9 Å². The number of aliphatic hydroxyl groups excluding tert-OH is 1. The Balaban J connectivity index is 1.18. The molecule has 0 bridgehead atoms. The third-order valence-corrected chi connectivity index (χ3v) is 8.50. The fraction of sp³-hybridized carbons (Fsp3) is 0.412. The number of aliphatic hydroxyl groups is 1. The Kier molecular flexibility index (Phi) is 8.58. The van der Waals surface area contributed by atoms with E-state index in [-0.39, 0.29) is 37.2 Å². The van der Waals surface area contributed by atoms with Crippen LogP contribution < -0.4 is 0 Å². The molecule has 7 heteroatoms. The summed E-state index contributed by atoms with van der Waals surface area (Å²) in [6.07, 6.45) is 6.51. The summed E-state index contributed by atoms with van der Waals surface area (Å²) in [6.45, 7) is 3.32. The predicted molar refractivity (Wildman–Crippen MR) is 155 cm³/mol. The van der Waals surface area contributed by atoms with Gasteiger partial charge in [-0.05, 0) is 54.8 Å². The van der Waals surface area contributed by atoms with Crippen molar-refractivity contribution in [2.45, 2.75) is 70.2 Å². The second kappa shape index (κ2) is 12.7. The summed E-state index contributed by atoms with van der Waals surface area (Å²) in [5.74, 6) is -0.508. The molecule has 0 aromatic heterocycles. The van der Waals surface area contributed by atoms with Gasteiger partial charge in [-0.1, -0.05) is 79.9 Å². The van der Waals surface area contributed by atoms with Gasteiger partial charge in [0.25, 0.3) is 11.8 Å². The minimum absolute atomic E-state index is 0.0161. The minimum atomic E-state index is -0.528. The van der Waals surface area contributed by atoms with E-state index in [1.165, 1.54) is 37.0 Å². The Bertz CT molecular complexity index is 1310. The number of fused-ring (bicyclic) bond motifs is 1. The van der Waals surface area contributed by atoms with Crippen molar-refractivity contribution in [3.63, 3.8) is 0 Å². The molecule has 0 radical (unpaired) electrons. The molecule has 0 saturated carbocycles. The van der Waals surface area contributed by atoms with Crippen LogP contribution in [0.3, 0.4) is 0 Å². The lowest BCUT2D eigenvalue weighted by atomic mass is 9.99. The van der Waals surface area contributed by atoms with Crippen molar-refractivity contribution in [3.05, 3.63) is 106 Å². The van der Waals surface area contributed by atoms with Gasteiger partial charge in [-0.15, -0.1) is 0 Å². The molecule has 3 unspecified atom stereocenters. The van der Waals surface area contributed by atoms with Crippen LogP contribution in [0.4, 0.5) is 0 Å². The molecule has 0 spiro atoms. The number of nitrogens with zero attached hydrogens (tertiary/aromatic N) is 2. The van der Waals surface area contributed by atoms with Crippen LogP contribution in [-0.4, -0.2) is 52.5 Å². The molecule has 3 aliphatic rings. The van der Waals surface area contributed by atoms with Crippen molar-refractivity contribution in [2.24, 2.45) is 0 Å². The molecule has 3 atom stereocenters. The highest BCUT2D eigenvalue weighted by atomic mass is 16.7. The lowest BCUT2D eigenvalue weighted by Gasteiger charge is -2.39. The Morgan fingerprint density at radius 1 is 0.707 bits per heavy atom. The molecule has 2 amide bonds. The fourth-order valence-corrected chi connectivity index (χ4v) is 6.16. The topological polar surface area (TPSA) is 79.3 Å². The lowest BCUT2D eigenvalue weighted by molar-refractivity contribution is -0.253. The number of ether oxygens (including phenoxy) is 2. The van der Waals surface area contributed by atoms with E-state index in [2.05, 4.69) is 4.90 Å². The summed E-state index contributed by atoms with van der Waals surface area (Å²) in [7, 11) is 0. The maximum atomic E-state index is 12.8. The van der Waals surface area contributed by atoms with Crippen molar-refractivity contribution in [3.8, 4) is 0 Å². The largest absolute Gasteiger partial charge is 0.392 e. The molecule has 3 heterocycles. The number of benzene rings is 3. The fourth-order valence-electron chi connectivity index (χ4n) is 6.16. The molecule has 3 aliphatic heterocycles. The van der Waals surface area contributed by atoms with Gasteiger partial charge < -0.3 is 19.5 Å². The zero-order valence-corrected chi connectivity index (χ0v) is 23.4. The first kappa shape index (κ1) is 27.8. The number of hydrogen-bond acceptors (Lipinski definition) is 6. The van der Waals surface area contributed by atoms with Gasteiger partial charge in [-0.25, -0.2) is 0 Å².